The van der Waals surface area contributed by atoms with Crippen LogP contribution < -0.4 is 29.0 Å². The monoisotopic (exact) mass is 199 g/mol. The number of hydrogen-bond donors (Lipinski definition) is 1. The van der Waals surface area contributed by atoms with Crippen LogP contribution in [0.2, 0.25) is 0 Å². The first kappa shape index (κ1) is 6.20. The Labute approximate surface area is 53.6 Å². The van der Waals surface area contributed by atoms with Gasteiger partial charge in [-0.15, -0.1) is 0 Å². The maximum absolute atomic E-state index is 4.71. The molecule has 0 fully saturated rings. The average Bonchev–Trinajstić information content (AvgIpc) is 1.76. The topological polar surface area (TPSA) is 23.2 Å². The molecule has 0 bridgehead atoms. The number of ether oxygens (including phenoxy) is 1. The van der Waals surface area contributed by atoms with Crippen LogP contribution in [0.4, 0.5) is 0 Å². The van der Waals surface area contributed by atoms with E-state index in [1.54, 1.807) is 6.40 Å². The Hall–Kier alpha value is 0.200. The third-order valence-electron chi connectivity index (χ3n) is 0.531. The smallest absolute Gasteiger partial charge is 0.322 e. The Balaban J connectivity index is 0.000000250. The molecule has 0 aliphatic carbocycles. The van der Waals surface area contributed by atoms with Crippen LogP contribution in [0.5, 0.6) is 0 Å². The molecule has 2 nitrogen and oxygen atoms in total. The second-order valence-corrected chi connectivity index (χ2v) is 0.943. The van der Waals surface area contributed by atoms with E-state index in [9.17, 15) is 0 Å². The van der Waals surface area contributed by atoms with Crippen molar-refractivity contribution in [2.24, 2.45) is 0 Å². The summed E-state index contributed by atoms with van der Waals surface area (Å²) in [6.07, 6.45) is 1.61. The fourth-order valence-electron chi connectivity index (χ4n) is 0.295. The van der Waals surface area contributed by atoms with Crippen LogP contribution in [-0.2, 0) is 4.74 Å². The molecule has 0 radical (unpaired) electrons. The van der Waals surface area contributed by atoms with Gasteiger partial charge in [-0.05, 0) is 0 Å². The Bertz CT molecular complexity index is 48.8. The van der Waals surface area contributed by atoms with Gasteiger partial charge in [0.05, 0.1) is 0 Å². The summed E-state index contributed by atoms with van der Waals surface area (Å²) >= 11 is 0. The number of rotatable bonds is 0. The summed E-state index contributed by atoms with van der Waals surface area (Å²) in [5, 5.41) is 0. The molecule has 0 saturated carbocycles. The SMILES string of the molecule is C1=[NH+]CCO1.[I-]. The van der Waals surface area contributed by atoms with Crippen molar-refractivity contribution in [2.45, 2.75) is 0 Å². The van der Waals surface area contributed by atoms with Crippen molar-refractivity contribution in [1.29, 1.82) is 0 Å². The van der Waals surface area contributed by atoms with Crippen LogP contribution >= 0.6 is 0 Å². The number of halogens is 1. The van der Waals surface area contributed by atoms with Crippen molar-refractivity contribution in [3.8, 4) is 0 Å². The Morgan fingerprint density at radius 3 is 2.67 bits per heavy atom. The first-order chi connectivity index (χ1) is 2.50. The molecule has 0 aromatic heterocycles. The van der Waals surface area contributed by atoms with E-state index >= 15 is 0 Å². The van der Waals surface area contributed by atoms with Crippen LogP contribution in [0.3, 0.4) is 0 Å². The predicted molar refractivity (Wildman–Crippen MR) is 17.8 cm³/mol. The zero-order valence-corrected chi connectivity index (χ0v) is 5.44. The summed E-state index contributed by atoms with van der Waals surface area (Å²) in [6, 6.07) is 0. The van der Waals surface area contributed by atoms with E-state index in [4.69, 9.17) is 4.74 Å². The molecule has 3 heteroatoms. The predicted octanol–water partition coefficient (Wildman–Crippen LogP) is -4.87. The minimum absolute atomic E-state index is 0. The molecule has 0 aromatic rings. The van der Waals surface area contributed by atoms with Gasteiger partial charge in [0, 0.05) is 0 Å². The molecule has 1 aliphatic heterocycles. The molecular formula is C3H6INO. The molecule has 1 N–H and O–H groups in total. The second-order valence-electron chi connectivity index (χ2n) is 0.943. The van der Waals surface area contributed by atoms with E-state index in [-0.39, 0.29) is 24.0 Å². The fraction of sp³-hybridized carbons (Fsp3) is 0.667. The second kappa shape index (κ2) is 3.39. The highest BCUT2D eigenvalue weighted by atomic mass is 127. The minimum atomic E-state index is 0. The summed E-state index contributed by atoms with van der Waals surface area (Å²) in [5.74, 6) is 0. The van der Waals surface area contributed by atoms with E-state index in [2.05, 4.69) is 4.99 Å². The first-order valence-corrected chi connectivity index (χ1v) is 1.67. The summed E-state index contributed by atoms with van der Waals surface area (Å²) in [6.45, 7) is 1.81. The molecule has 6 heavy (non-hydrogen) atoms. The molecule has 36 valence electrons. The highest BCUT2D eigenvalue weighted by Crippen LogP contribution is 1.58. The van der Waals surface area contributed by atoms with Gasteiger partial charge in [0.25, 0.3) is 0 Å². The molecule has 0 saturated heterocycles. The van der Waals surface area contributed by atoms with Crippen LogP contribution in [0.25, 0.3) is 0 Å². The number of hydrogen-bond acceptors (Lipinski definition) is 1. The van der Waals surface area contributed by atoms with Gasteiger partial charge in [0.15, 0.2) is 13.2 Å². The molecule has 0 amide bonds. The van der Waals surface area contributed by atoms with Crippen molar-refractivity contribution >= 4 is 6.40 Å². The lowest BCUT2D eigenvalue weighted by Crippen LogP contribution is -3.00. The van der Waals surface area contributed by atoms with Gasteiger partial charge in [-0.3, -0.25) is 0 Å². The normalized spacial score (nSPS) is 16.0. The standard InChI is InChI=1S/C3H5NO.HI/c1-2-5-3-4-1;/h3H,1-2H2;1H. The lowest BCUT2D eigenvalue weighted by molar-refractivity contribution is -0.439. The highest BCUT2D eigenvalue weighted by molar-refractivity contribution is 5.38. The van der Waals surface area contributed by atoms with E-state index in [0.717, 1.165) is 13.2 Å². The lowest BCUT2D eigenvalue weighted by Gasteiger charge is -1.70. The largest absolute Gasteiger partial charge is 1.00 e. The quantitative estimate of drug-likeness (QED) is 0.388. The Kier molecular flexibility index (Phi) is 3.51. The van der Waals surface area contributed by atoms with E-state index in [1.807, 2.05) is 0 Å². The van der Waals surface area contributed by atoms with Gasteiger partial charge in [-0.1, -0.05) is 0 Å². The molecule has 0 atom stereocenters. The molecule has 1 rings (SSSR count). The summed E-state index contributed by atoms with van der Waals surface area (Å²) < 4.78 is 4.71. The van der Waals surface area contributed by atoms with Crippen molar-refractivity contribution in [2.75, 3.05) is 13.2 Å². The van der Waals surface area contributed by atoms with Gasteiger partial charge < -0.3 is 28.7 Å². The molecule has 1 aliphatic rings. The van der Waals surface area contributed by atoms with Gasteiger partial charge in [0.2, 0.25) is 0 Å². The van der Waals surface area contributed by atoms with E-state index in [0.29, 0.717) is 0 Å². The van der Waals surface area contributed by atoms with Gasteiger partial charge in [-0.2, -0.15) is 0 Å². The first-order valence-electron chi connectivity index (χ1n) is 1.67. The zero-order valence-electron chi connectivity index (χ0n) is 3.28. The third kappa shape index (κ3) is 1.59. The van der Waals surface area contributed by atoms with Crippen molar-refractivity contribution in [3.05, 3.63) is 0 Å². The average molecular weight is 199 g/mol. The molecule has 1 heterocycles. The highest BCUT2D eigenvalue weighted by Gasteiger charge is 1.92. The fourth-order valence-corrected chi connectivity index (χ4v) is 0.295. The Morgan fingerprint density at radius 1 is 1.67 bits per heavy atom. The van der Waals surface area contributed by atoms with E-state index < -0.39 is 0 Å². The van der Waals surface area contributed by atoms with Gasteiger partial charge in [0.1, 0.15) is 0 Å². The van der Waals surface area contributed by atoms with Crippen LogP contribution in [0.15, 0.2) is 0 Å². The summed E-state index contributed by atoms with van der Waals surface area (Å²) in [4.78, 5) is 2.88. The summed E-state index contributed by atoms with van der Waals surface area (Å²) in [5.41, 5.74) is 0. The van der Waals surface area contributed by atoms with E-state index in [1.165, 1.54) is 0 Å². The van der Waals surface area contributed by atoms with Crippen molar-refractivity contribution in [3.63, 3.8) is 0 Å². The molecule has 0 spiro atoms. The number of nitrogens with one attached hydrogen (secondary N) is 1. The van der Waals surface area contributed by atoms with Crippen LogP contribution in [0.1, 0.15) is 0 Å². The maximum atomic E-state index is 4.71. The molecular weight excluding hydrogens is 193 g/mol. The van der Waals surface area contributed by atoms with Gasteiger partial charge >= 0.3 is 6.40 Å². The molecule has 0 aromatic carbocycles. The maximum Gasteiger partial charge on any atom is 0.322 e. The minimum Gasteiger partial charge on any atom is -1.00 e. The van der Waals surface area contributed by atoms with Crippen molar-refractivity contribution < 1.29 is 33.7 Å². The zero-order chi connectivity index (χ0) is 3.54. The molecule has 0 unspecified atom stereocenters. The Morgan fingerprint density at radius 2 is 2.50 bits per heavy atom. The lowest BCUT2D eigenvalue weighted by atomic mass is 10.8. The summed E-state index contributed by atoms with van der Waals surface area (Å²) in [7, 11) is 0. The van der Waals surface area contributed by atoms with Crippen molar-refractivity contribution in [1.82, 2.24) is 0 Å². The van der Waals surface area contributed by atoms with Crippen LogP contribution in [0, 0.1) is 0 Å². The van der Waals surface area contributed by atoms with Crippen LogP contribution in [-0.4, -0.2) is 19.6 Å². The van der Waals surface area contributed by atoms with Gasteiger partial charge in [-0.25, -0.2) is 4.99 Å². The third-order valence-corrected chi connectivity index (χ3v) is 0.531.